The van der Waals surface area contributed by atoms with Crippen molar-refractivity contribution in [3.05, 3.63) is 59.1 Å². The minimum Gasteiger partial charge on any atom is -0.494 e. The van der Waals surface area contributed by atoms with Crippen molar-refractivity contribution in [1.29, 1.82) is 0 Å². The minimum atomic E-state index is -0.987. The van der Waals surface area contributed by atoms with E-state index in [4.69, 9.17) is 21.1 Å². The van der Waals surface area contributed by atoms with Gasteiger partial charge >= 0.3 is 0 Å². The number of carbonyl (C=O) groups is 1. The van der Waals surface area contributed by atoms with Crippen LogP contribution in [-0.2, 0) is 11.3 Å². The number of hydrogen-bond acceptors (Lipinski definition) is 3. The van der Waals surface area contributed by atoms with Crippen LogP contribution in [0.1, 0.15) is 26.3 Å². The first-order chi connectivity index (χ1) is 11.4. The Morgan fingerprint density at radius 1 is 1.04 bits per heavy atom. The second-order valence-corrected chi connectivity index (χ2v) is 6.26. The second-order valence-electron chi connectivity index (χ2n) is 5.83. The van der Waals surface area contributed by atoms with E-state index in [2.05, 4.69) is 5.32 Å². The maximum Gasteiger partial charge on any atom is 0.263 e. The Hall–Kier alpha value is -2.20. The van der Waals surface area contributed by atoms with Crippen molar-refractivity contribution in [3.63, 3.8) is 0 Å². The zero-order valence-corrected chi connectivity index (χ0v) is 14.9. The van der Waals surface area contributed by atoms with Gasteiger partial charge in [0.2, 0.25) is 0 Å². The largest absolute Gasteiger partial charge is 0.494 e. The lowest BCUT2D eigenvalue weighted by Crippen LogP contribution is -2.46. The normalized spacial score (nSPS) is 11.0. The number of amides is 1. The molecule has 0 saturated carbocycles. The molecule has 0 aliphatic heterocycles. The molecule has 0 unspecified atom stereocenters. The molecule has 5 heteroatoms. The molecule has 0 saturated heterocycles. The van der Waals surface area contributed by atoms with Gasteiger partial charge < -0.3 is 14.8 Å². The van der Waals surface area contributed by atoms with Crippen LogP contribution in [0.2, 0.25) is 5.02 Å². The molecule has 2 rings (SSSR count). The molecule has 128 valence electrons. The summed E-state index contributed by atoms with van der Waals surface area (Å²) in [4.78, 5) is 12.4. The molecule has 0 atom stereocenters. The van der Waals surface area contributed by atoms with Crippen LogP contribution in [0.5, 0.6) is 11.5 Å². The maximum atomic E-state index is 12.4. The summed E-state index contributed by atoms with van der Waals surface area (Å²) in [5, 5.41) is 3.52. The monoisotopic (exact) mass is 347 g/mol. The van der Waals surface area contributed by atoms with Crippen molar-refractivity contribution in [2.75, 3.05) is 6.61 Å². The number of nitrogens with one attached hydrogen (secondary N) is 1. The van der Waals surface area contributed by atoms with Gasteiger partial charge in [-0.15, -0.1) is 0 Å². The smallest absolute Gasteiger partial charge is 0.263 e. The van der Waals surface area contributed by atoms with E-state index < -0.39 is 5.60 Å². The van der Waals surface area contributed by atoms with E-state index in [1.807, 2.05) is 31.2 Å². The molecule has 0 aromatic heterocycles. The quantitative estimate of drug-likeness (QED) is 0.816. The van der Waals surface area contributed by atoms with Gasteiger partial charge in [0.25, 0.3) is 5.91 Å². The van der Waals surface area contributed by atoms with Gasteiger partial charge in [-0.2, -0.15) is 0 Å². The average molecular weight is 348 g/mol. The standard InChI is InChI=1S/C19H22ClNO3/c1-4-23-16-9-5-14(6-10-16)13-21-18(22)19(2,3)24-17-11-7-15(20)8-12-17/h5-12H,4,13H2,1-3H3,(H,21,22). The molecule has 0 aliphatic carbocycles. The van der Waals surface area contributed by atoms with Gasteiger partial charge in [-0.05, 0) is 62.7 Å². The third-order valence-electron chi connectivity index (χ3n) is 3.42. The van der Waals surface area contributed by atoms with E-state index in [1.165, 1.54) is 0 Å². The van der Waals surface area contributed by atoms with Crippen molar-refractivity contribution in [1.82, 2.24) is 5.32 Å². The topological polar surface area (TPSA) is 47.6 Å². The Labute approximate surface area is 147 Å². The molecule has 0 aliphatic rings. The SMILES string of the molecule is CCOc1ccc(CNC(=O)C(C)(C)Oc2ccc(Cl)cc2)cc1. The number of hydrogen-bond donors (Lipinski definition) is 1. The van der Waals surface area contributed by atoms with Crippen LogP contribution in [0.3, 0.4) is 0 Å². The van der Waals surface area contributed by atoms with Crippen LogP contribution in [0.25, 0.3) is 0 Å². The number of ether oxygens (including phenoxy) is 2. The summed E-state index contributed by atoms with van der Waals surface area (Å²) in [6.45, 7) is 6.46. The van der Waals surface area contributed by atoms with Gasteiger partial charge in [0.1, 0.15) is 11.5 Å². The highest BCUT2D eigenvalue weighted by Crippen LogP contribution is 2.21. The first kappa shape index (κ1) is 18.1. The summed E-state index contributed by atoms with van der Waals surface area (Å²) < 4.78 is 11.2. The molecule has 1 N–H and O–H groups in total. The first-order valence-corrected chi connectivity index (χ1v) is 8.23. The van der Waals surface area contributed by atoms with Gasteiger partial charge in [0.15, 0.2) is 5.60 Å². The summed E-state index contributed by atoms with van der Waals surface area (Å²) in [6.07, 6.45) is 0. The number of halogens is 1. The Balaban J connectivity index is 1.91. The van der Waals surface area contributed by atoms with Gasteiger partial charge in [-0.3, -0.25) is 4.79 Å². The fourth-order valence-corrected chi connectivity index (χ4v) is 2.24. The third kappa shape index (κ3) is 5.17. The average Bonchev–Trinajstić information content (AvgIpc) is 2.56. The molecule has 4 nitrogen and oxygen atoms in total. The van der Waals surface area contributed by atoms with Crippen LogP contribution < -0.4 is 14.8 Å². The predicted molar refractivity (Wildman–Crippen MR) is 95.6 cm³/mol. The lowest BCUT2D eigenvalue weighted by atomic mass is 10.1. The first-order valence-electron chi connectivity index (χ1n) is 7.85. The van der Waals surface area contributed by atoms with Gasteiger partial charge in [-0.1, -0.05) is 23.7 Å². The third-order valence-corrected chi connectivity index (χ3v) is 3.67. The molecule has 0 heterocycles. The van der Waals surface area contributed by atoms with Crippen LogP contribution in [-0.4, -0.2) is 18.1 Å². The molecule has 0 spiro atoms. The van der Waals surface area contributed by atoms with Gasteiger partial charge in [0.05, 0.1) is 6.61 Å². The molecular formula is C19H22ClNO3. The molecule has 0 bridgehead atoms. The minimum absolute atomic E-state index is 0.189. The zero-order chi connectivity index (χ0) is 17.6. The highest BCUT2D eigenvalue weighted by molar-refractivity contribution is 6.30. The molecule has 0 radical (unpaired) electrons. The highest BCUT2D eigenvalue weighted by atomic mass is 35.5. The van der Waals surface area contributed by atoms with Crippen molar-refractivity contribution >= 4 is 17.5 Å². The van der Waals surface area contributed by atoms with E-state index in [0.717, 1.165) is 11.3 Å². The van der Waals surface area contributed by atoms with E-state index >= 15 is 0 Å². The predicted octanol–water partition coefficient (Wildman–Crippen LogP) is 4.21. The number of rotatable bonds is 7. The van der Waals surface area contributed by atoms with Crippen LogP contribution >= 0.6 is 11.6 Å². The fraction of sp³-hybridized carbons (Fsp3) is 0.316. The Morgan fingerprint density at radius 3 is 2.21 bits per heavy atom. The van der Waals surface area contributed by atoms with Crippen molar-refractivity contribution in [2.24, 2.45) is 0 Å². The Bertz CT molecular complexity index is 666. The summed E-state index contributed by atoms with van der Waals surface area (Å²) in [5.74, 6) is 1.23. The van der Waals surface area contributed by atoms with E-state index in [9.17, 15) is 4.79 Å². The van der Waals surface area contributed by atoms with Crippen LogP contribution in [0.4, 0.5) is 0 Å². The van der Waals surface area contributed by atoms with E-state index in [0.29, 0.717) is 23.9 Å². The summed E-state index contributed by atoms with van der Waals surface area (Å²) in [7, 11) is 0. The van der Waals surface area contributed by atoms with Gasteiger partial charge in [-0.25, -0.2) is 0 Å². The van der Waals surface area contributed by atoms with E-state index in [1.54, 1.807) is 38.1 Å². The van der Waals surface area contributed by atoms with E-state index in [-0.39, 0.29) is 5.91 Å². The zero-order valence-electron chi connectivity index (χ0n) is 14.1. The van der Waals surface area contributed by atoms with Crippen molar-refractivity contribution in [2.45, 2.75) is 32.9 Å². The van der Waals surface area contributed by atoms with Crippen LogP contribution in [0.15, 0.2) is 48.5 Å². The lowest BCUT2D eigenvalue weighted by Gasteiger charge is -2.25. The Kier molecular flexibility index (Phi) is 6.10. The molecule has 2 aromatic carbocycles. The summed E-state index contributed by atoms with van der Waals surface area (Å²) >= 11 is 5.85. The lowest BCUT2D eigenvalue weighted by molar-refractivity contribution is -0.134. The summed E-state index contributed by atoms with van der Waals surface area (Å²) in [6, 6.07) is 14.6. The van der Waals surface area contributed by atoms with Crippen LogP contribution in [0, 0.1) is 0 Å². The van der Waals surface area contributed by atoms with Crippen molar-refractivity contribution < 1.29 is 14.3 Å². The number of benzene rings is 2. The maximum absolute atomic E-state index is 12.4. The highest BCUT2D eigenvalue weighted by Gasteiger charge is 2.29. The van der Waals surface area contributed by atoms with Gasteiger partial charge in [0, 0.05) is 11.6 Å². The molecule has 0 fully saturated rings. The summed E-state index contributed by atoms with van der Waals surface area (Å²) in [5.41, 5.74) is 0.00752. The Morgan fingerprint density at radius 2 is 1.62 bits per heavy atom. The van der Waals surface area contributed by atoms with Crippen molar-refractivity contribution in [3.8, 4) is 11.5 Å². The molecule has 24 heavy (non-hydrogen) atoms. The second kappa shape index (κ2) is 8.06. The fourth-order valence-electron chi connectivity index (χ4n) is 2.11. The number of carbonyl (C=O) groups excluding carboxylic acids is 1. The molecular weight excluding hydrogens is 326 g/mol. The molecule has 1 amide bonds. The molecule has 2 aromatic rings.